The van der Waals surface area contributed by atoms with E-state index in [0.717, 1.165) is 48.6 Å². The molecule has 18 heavy (non-hydrogen) atoms. The van der Waals surface area contributed by atoms with Crippen molar-refractivity contribution in [3.05, 3.63) is 11.0 Å². The lowest BCUT2D eigenvalue weighted by molar-refractivity contribution is 0.322. The third kappa shape index (κ3) is 2.21. The molecule has 0 bridgehead atoms. The van der Waals surface area contributed by atoms with Gasteiger partial charge in [-0.2, -0.15) is 4.98 Å². The van der Waals surface area contributed by atoms with Crippen LogP contribution < -0.4 is 4.90 Å². The number of nitrogens with zero attached hydrogens (tertiary/aromatic N) is 3. The Balaban J connectivity index is 1.93. The molecule has 0 N–H and O–H groups in total. The van der Waals surface area contributed by atoms with E-state index in [4.69, 9.17) is 11.6 Å². The van der Waals surface area contributed by atoms with Gasteiger partial charge in [0.2, 0.25) is 5.28 Å². The Morgan fingerprint density at radius 1 is 1.28 bits per heavy atom. The molecule has 3 nitrogen and oxygen atoms in total. The minimum absolute atomic E-state index is 0.400. The first-order valence-corrected chi connectivity index (χ1v) is 7.95. The summed E-state index contributed by atoms with van der Waals surface area (Å²) in [6.45, 7) is 6.84. The highest BCUT2D eigenvalue weighted by atomic mass is 35.5. The van der Waals surface area contributed by atoms with Gasteiger partial charge in [0.05, 0.1) is 10.6 Å². The fourth-order valence-electron chi connectivity index (χ4n) is 2.69. The number of hydrogen-bond donors (Lipinski definition) is 0. The van der Waals surface area contributed by atoms with Gasteiger partial charge in [0, 0.05) is 25.3 Å². The zero-order valence-electron chi connectivity index (χ0n) is 10.8. The Hall–Kier alpha value is -0.480. The van der Waals surface area contributed by atoms with Gasteiger partial charge < -0.3 is 4.90 Å². The minimum atomic E-state index is 0.400. The molecule has 3 rings (SSSR count). The van der Waals surface area contributed by atoms with Crippen LogP contribution in [0.1, 0.15) is 26.0 Å². The summed E-state index contributed by atoms with van der Waals surface area (Å²) in [6, 6.07) is 0. The number of halogens is 1. The zero-order valence-corrected chi connectivity index (χ0v) is 12.4. The number of thioether (sulfide) groups is 1. The predicted octanol–water partition coefficient (Wildman–Crippen LogP) is 3.26. The molecule has 2 aliphatic heterocycles. The first-order chi connectivity index (χ1) is 8.65. The van der Waals surface area contributed by atoms with E-state index in [-0.39, 0.29) is 0 Å². The minimum Gasteiger partial charge on any atom is -0.355 e. The van der Waals surface area contributed by atoms with Gasteiger partial charge in [0.25, 0.3) is 0 Å². The summed E-state index contributed by atoms with van der Waals surface area (Å²) >= 11 is 7.93. The van der Waals surface area contributed by atoms with Gasteiger partial charge in [-0.05, 0) is 29.9 Å². The highest BCUT2D eigenvalue weighted by molar-refractivity contribution is 7.99. The summed E-state index contributed by atoms with van der Waals surface area (Å²) in [5, 5.41) is 0.400. The first kappa shape index (κ1) is 12.5. The molecule has 1 fully saturated rings. The fraction of sp³-hybridized carbons (Fsp3) is 0.692. The van der Waals surface area contributed by atoms with Crippen molar-refractivity contribution < 1.29 is 0 Å². The third-order valence-corrected chi connectivity index (χ3v) is 5.39. The molecule has 1 saturated heterocycles. The average Bonchev–Trinajstić information content (AvgIpc) is 2.79. The standard InChI is InChI=1S/C13H18ClN3S/c1-8-3-5-17(7-9(8)2)12-11-10(4-6-18-11)15-13(14)16-12/h8-9H,3-7H2,1-2H3. The number of aromatic nitrogens is 2. The molecule has 0 aliphatic carbocycles. The topological polar surface area (TPSA) is 29.0 Å². The van der Waals surface area contributed by atoms with Crippen molar-refractivity contribution in [2.75, 3.05) is 23.7 Å². The highest BCUT2D eigenvalue weighted by Crippen LogP contribution is 2.39. The molecule has 5 heteroatoms. The summed E-state index contributed by atoms with van der Waals surface area (Å²) in [5.41, 5.74) is 1.14. The molecule has 98 valence electrons. The molecule has 2 atom stereocenters. The van der Waals surface area contributed by atoms with Gasteiger partial charge in [-0.15, -0.1) is 11.8 Å². The summed E-state index contributed by atoms with van der Waals surface area (Å²) in [7, 11) is 0. The molecule has 0 spiro atoms. The first-order valence-electron chi connectivity index (χ1n) is 6.59. The maximum Gasteiger partial charge on any atom is 0.224 e. The monoisotopic (exact) mass is 283 g/mol. The molecule has 0 radical (unpaired) electrons. The molecular formula is C13H18ClN3S. The van der Waals surface area contributed by atoms with Crippen LogP contribution in [0.4, 0.5) is 5.82 Å². The average molecular weight is 284 g/mol. The molecule has 2 unspecified atom stereocenters. The van der Waals surface area contributed by atoms with Gasteiger partial charge in [-0.1, -0.05) is 13.8 Å². The number of fused-ring (bicyclic) bond motifs is 1. The predicted molar refractivity (Wildman–Crippen MR) is 76.6 cm³/mol. The van der Waals surface area contributed by atoms with Crippen molar-refractivity contribution in [1.82, 2.24) is 9.97 Å². The summed E-state index contributed by atoms with van der Waals surface area (Å²) in [4.78, 5) is 12.5. The lowest BCUT2D eigenvalue weighted by Gasteiger charge is -2.36. The van der Waals surface area contributed by atoms with E-state index in [2.05, 4.69) is 28.7 Å². The molecule has 0 saturated carbocycles. The molecular weight excluding hydrogens is 266 g/mol. The fourth-order valence-corrected chi connectivity index (χ4v) is 3.99. The zero-order chi connectivity index (χ0) is 12.7. The van der Waals surface area contributed by atoms with Crippen molar-refractivity contribution in [2.45, 2.75) is 31.6 Å². The second kappa shape index (κ2) is 4.89. The molecule has 0 amide bonds. The third-order valence-electron chi connectivity index (χ3n) is 4.11. The van der Waals surface area contributed by atoms with E-state index in [1.54, 1.807) is 0 Å². The van der Waals surface area contributed by atoms with Crippen molar-refractivity contribution in [3.8, 4) is 0 Å². The van der Waals surface area contributed by atoms with Crippen molar-refractivity contribution in [2.24, 2.45) is 11.8 Å². The van der Waals surface area contributed by atoms with E-state index in [1.165, 1.54) is 11.3 Å². The second-order valence-electron chi connectivity index (χ2n) is 5.38. The van der Waals surface area contributed by atoms with E-state index >= 15 is 0 Å². The molecule has 1 aromatic heterocycles. The van der Waals surface area contributed by atoms with Gasteiger partial charge >= 0.3 is 0 Å². The maximum atomic E-state index is 6.05. The molecule has 0 aromatic carbocycles. The van der Waals surface area contributed by atoms with Crippen LogP contribution in [0.3, 0.4) is 0 Å². The van der Waals surface area contributed by atoms with Crippen molar-refractivity contribution in [3.63, 3.8) is 0 Å². The second-order valence-corrected chi connectivity index (χ2v) is 6.82. The van der Waals surface area contributed by atoms with Crippen LogP contribution in [0, 0.1) is 11.8 Å². The lowest BCUT2D eigenvalue weighted by atomic mass is 9.89. The van der Waals surface area contributed by atoms with E-state index in [1.807, 2.05) is 11.8 Å². The van der Waals surface area contributed by atoms with Gasteiger partial charge in [-0.3, -0.25) is 0 Å². The number of piperidine rings is 1. The Labute approximate surface area is 117 Å². The van der Waals surface area contributed by atoms with Gasteiger partial charge in [-0.25, -0.2) is 4.98 Å². The van der Waals surface area contributed by atoms with Crippen molar-refractivity contribution in [1.29, 1.82) is 0 Å². The molecule has 3 heterocycles. The van der Waals surface area contributed by atoms with Gasteiger partial charge in [0.1, 0.15) is 5.82 Å². The van der Waals surface area contributed by atoms with Crippen LogP contribution in [0.15, 0.2) is 4.90 Å². The Morgan fingerprint density at radius 3 is 2.89 bits per heavy atom. The van der Waals surface area contributed by atoms with Crippen molar-refractivity contribution >= 4 is 29.2 Å². The number of aryl methyl sites for hydroxylation is 1. The Kier molecular flexibility index (Phi) is 3.41. The summed E-state index contributed by atoms with van der Waals surface area (Å²) in [5.74, 6) is 3.71. The number of rotatable bonds is 1. The lowest BCUT2D eigenvalue weighted by Crippen LogP contribution is -2.39. The summed E-state index contributed by atoms with van der Waals surface area (Å²) in [6.07, 6.45) is 2.26. The van der Waals surface area contributed by atoms with Crippen LogP contribution in [-0.2, 0) is 6.42 Å². The smallest absolute Gasteiger partial charge is 0.224 e. The molecule has 2 aliphatic rings. The normalized spacial score (nSPS) is 27.4. The van der Waals surface area contributed by atoms with E-state index in [9.17, 15) is 0 Å². The van der Waals surface area contributed by atoms with Crippen LogP contribution >= 0.6 is 23.4 Å². The highest BCUT2D eigenvalue weighted by Gasteiger charge is 2.28. The Bertz CT molecular complexity index is 466. The summed E-state index contributed by atoms with van der Waals surface area (Å²) < 4.78 is 0. The van der Waals surface area contributed by atoms with E-state index < -0.39 is 0 Å². The van der Waals surface area contributed by atoms with E-state index in [0.29, 0.717) is 5.28 Å². The molecule has 1 aromatic rings. The Morgan fingerprint density at radius 2 is 2.11 bits per heavy atom. The SMILES string of the molecule is CC1CCN(c2nc(Cl)nc3c2SCC3)CC1C. The largest absolute Gasteiger partial charge is 0.355 e. The number of hydrogen-bond acceptors (Lipinski definition) is 4. The van der Waals surface area contributed by atoms with Crippen LogP contribution in [0.5, 0.6) is 0 Å². The van der Waals surface area contributed by atoms with Crippen LogP contribution in [0.25, 0.3) is 0 Å². The quantitative estimate of drug-likeness (QED) is 0.740. The van der Waals surface area contributed by atoms with Gasteiger partial charge in [0.15, 0.2) is 0 Å². The maximum absolute atomic E-state index is 6.05. The van der Waals surface area contributed by atoms with Crippen LogP contribution in [0.2, 0.25) is 5.28 Å². The van der Waals surface area contributed by atoms with Crippen LogP contribution in [-0.4, -0.2) is 28.8 Å². The number of anilines is 1.